The van der Waals surface area contributed by atoms with Gasteiger partial charge in [0.15, 0.2) is 0 Å². The maximum atomic E-state index is 13.0. The molecule has 7 heteroatoms. The Morgan fingerprint density at radius 3 is 2.12 bits per heavy atom. The van der Waals surface area contributed by atoms with Gasteiger partial charge < -0.3 is 9.64 Å². The molecule has 1 aliphatic rings. The zero-order chi connectivity index (χ0) is 18.8. The van der Waals surface area contributed by atoms with Crippen molar-refractivity contribution in [3.8, 4) is 0 Å². The number of carbonyl (C=O) groups excluding carboxylic acids is 1. The first kappa shape index (κ1) is 19.9. The highest BCUT2D eigenvalue weighted by molar-refractivity contribution is 7.89. The van der Waals surface area contributed by atoms with E-state index < -0.39 is 16.1 Å². The molecule has 1 fully saturated rings. The lowest BCUT2D eigenvalue weighted by Crippen LogP contribution is -2.53. The van der Waals surface area contributed by atoms with Crippen LogP contribution in [0, 0.1) is 26.7 Å². The average molecular weight is 368 g/mol. The maximum Gasteiger partial charge on any atom is 0.241 e. The molecule has 1 heterocycles. The molecular weight excluding hydrogens is 340 g/mol. The minimum Gasteiger partial charge on any atom is -0.378 e. The van der Waals surface area contributed by atoms with Crippen LogP contribution in [0.15, 0.2) is 17.0 Å². The van der Waals surface area contributed by atoms with Crippen molar-refractivity contribution in [1.82, 2.24) is 9.62 Å². The number of morpholine rings is 1. The lowest BCUT2D eigenvalue weighted by atomic mass is 10.0. The molecule has 1 atom stereocenters. The number of carbonyl (C=O) groups is 1. The molecule has 1 aliphatic heterocycles. The summed E-state index contributed by atoms with van der Waals surface area (Å²) < 4.78 is 33.9. The zero-order valence-corrected chi connectivity index (χ0v) is 16.4. The van der Waals surface area contributed by atoms with Gasteiger partial charge in [0, 0.05) is 13.1 Å². The number of aryl methyl sites for hydroxylation is 3. The van der Waals surface area contributed by atoms with Gasteiger partial charge in [-0.3, -0.25) is 4.79 Å². The Labute approximate surface area is 150 Å². The van der Waals surface area contributed by atoms with Crippen LogP contribution in [0.4, 0.5) is 0 Å². The SMILES string of the molecule is Cc1cc(C)c(S(=O)(=O)N[C@H](C(=O)N2CCOCC2)C(C)C)c(C)c1. The smallest absolute Gasteiger partial charge is 0.241 e. The summed E-state index contributed by atoms with van der Waals surface area (Å²) in [7, 11) is -3.80. The maximum absolute atomic E-state index is 13.0. The number of sulfonamides is 1. The monoisotopic (exact) mass is 368 g/mol. The van der Waals surface area contributed by atoms with Crippen LogP contribution >= 0.6 is 0 Å². The Kier molecular flexibility index (Phi) is 6.24. The lowest BCUT2D eigenvalue weighted by Gasteiger charge is -2.32. The van der Waals surface area contributed by atoms with E-state index in [0.717, 1.165) is 5.56 Å². The second kappa shape index (κ2) is 7.85. The van der Waals surface area contributed by atoms with Crippen LogP contribution in [0.3, 0.4) is 0 Å². The molecule has 6 nitrogen and oxygen atoms in total. The predicted molar refractivity (Wildman–Crippen MR) is 97.0 cm³/mol. The average Bonchev–Trinajstić information content (AvgIpc) is 2.51. The quantitative estimate of drug-likeness (QED) is 0.859. The van der Waals surface area contributed by atoms with Crippen LogP contribution in [-0.4, -0.2) is 51.6 Å². The number of amides is 1. The highest BCUT2D eigenvalue weighted by atomic mass is 32.2. The fraction of sp³-hybridized carbons (Fsp3) is 0.611. The number of ether oxygens (including phenoxy) is 1. The third kappa shape index (κ3) is 4.59. The van der Waals surface area contributed by atoms with E-state index in [1.165, 1.54) is 0 Å². The summed E-state index contributed by atoms with van der Waals surface area (Å²) in [6.45, 7) is 11.1. The van der Waals surface area contributed by atoms with Gasteiger partial charge in [-0.1, -0.05) is 31.5 Å². The van der Waals surface area contributed by atoms with E-state index in [2.05, 4.69) is 4.72 Å². The first-order valence-corrected chi connectivity index (χ1v) is 10.1. The lowest BCUT2D eigenvalue weighted by molar-refractivity contribution is -0.138. The first-order valence-electron chi connectivity index (χ1n) is 8.60. The Hall–Kier alpha value is -1.44. The van der Waals surface area contributed by atoms with Gasteiger partial charge in [-0.25, -0.2) is 8.42 Å². The van der Waals surface area contributed by atoms with Gasteiger partial charge in [0.05, 0.1) is 18.1 Å². The third-order valence-electron chi connectivity index (χ3n) is 4.41. The molecule has 0 aromatic heterocycles. The van der Waals surface area contributed by atoms with Crippen molar-refractivity contribution in [1.29, 1.82) is 0 Å². The van der Waals surface area contributed by atoms with Gasteiger partial charge in [-0.15, -0.1) is 0 Å². The van der Waals surface area contributed by atoms with Crippen molar-refractivity contribution in [2.45, 2.75) is 45.6 Å². The van der Waals surface area contributed by atoms with Crippen molar-refractivity contribution in [2.24, 2.45) is 5.92 Å². The van der Waals surface area contributed by atoms with Crippen LogP contribution < -0.4 is 4.72 Å². The van der Waals surface area contributed by atoms with Crippen LogP contribution in [0.5, 0.6) is 0 Å². The summed E-state index contributed by atoms with van der Waals surface area (Å²) in [6.07, 6.45) is 0. The third-order valence-corrected chi connectivity index (χ3v) is 6.16. The number of benzene rings is 1. The normalized spacial score (nSPS) is 17.0. The number of hydrogen-bond acceptors (Lipinski definition) is 4. The largest absolute Gasteiger partial charge is 0.378 e. The molecule has 1 amide bonds. The number of nitrogens with one attached hydrogen (secondary N) is 1. The van der Waals surface area contributed by atoms with E-state index in [9.17, 15) is 13.2 Å². The van der Waals surface area contributed by atoms with E-state index in [1.807, 2.05) is 32.9 Å². The van der Waals surface area contributed by atoms with E-state index >= 15 is 0 Å². The molecule has 1 aromatic carbocycles. The molecule has 1 N–H and O–H groups in total. The molecule has 0 unspecified atom stereocenters. The summed E-state index contributed by atoms with van der Waals surface area (Å²) in [5, 5.41) is 0. The van der Waals surface area contributed by atoms with E-state index in [1.54, 1.807) is 18.7 Å². The topological polar surface area (TPSA) is 75.7 Å². The fourth-order valence-corrected chi connectivity index (χ4v) is 5.06. The number of hydrogen-bond donors (Lipinski definition) is 1. The molecule has 0 saturated carbocycles. The summed E-state index contributed by atoms with van der Waals surface area (Å²) >= 11 is 0. The van der Waals surface area contributed by atoms with Crippen LogP contribution in [0.1, 0.15) is 30.5 Å². The molecule has 2 rings (SSSR count). The molecule has 140 valence electrons. The van der Waals surface area contributed by atoms with Gasteiger partial charge in [0.2, 0.25) is 15.9 Å². The second-order valence-corrected chi connectivity index (χ2v) is 8.66. The molecule has 0 bridgehead atoms. The summed E-state index contributed by atoms with van der Waals surface area (Å²) in [4.78, 5) is 14.8. The zero-order valence-electron chi connectivity index (χ0n) is 15.6. The van der Waals surface area contributed by atoms with Gasteiger partial charge in [0.1, 0.15) is 6.04 Å². The van der Waals surface area contributed by atoms with Crippen molar-refractivity contribution < 1.29 is 17.9 Å². The van der Waals surface area contributed by atoms with Crippen molar-refractivity contribution in [3.05, 3.63) is 28.8 Å². The van der Waals surface area contributed by atoms with E-state index in [-0.39, 0.29) is 16.7 Å². The minimum absolute atomic E-state index is 0.156. The Morgan fingerprint density at radius 2 is 1.64 bits per heavy atom. The van der Waals surface area contributed by atoms with Crippen LogP contribution in [0.25, 0.3) is 0 Å². The van der Waals surface area contributed by atoms with Crippen molar-refractivity contribution >= 4 is 15.9 Å². The minimum atomic E-state index is -3.80. The van der Waals surface area contributed by atoms with Gasteiger partial charge >= 0.3 is 0 Å². The van der Waals surface area contributed by atoms with E-state index in [4.69, 9.17) is 4.74 Å². The molecule has 25 heavy (non-hydrogen) atoms. The van der Waals surface area contributed by atoms with Crippen molar-refractivity contribution in [3.63, 3.8) is 0 Å². The molecule has 0 spiro atoms. The number of rotatable bonds is 5. The highest BCUT2D eigenvalue weighted by Gasteiger charge is 2.33. The second-order valence-electron chi connectivity index (χ2n) is 7.01. The summed E-state index contributed by atoms with van der Waals surface area (Å²) in [5.41, 5.74) is 2.39. The molecule has 1 aromatic rings. The standard InChI is InChI=1S/C18H28N2O4S/c1-12(2)16(18(21)20-6-8-24-9-7-20)19-25(22,23)17-14(4)10-13(3)11-15(17)5/h10-12,16,19H,6-9H2,1-5H3/t16-/m0/s1. The molecule has 0 aliphatic carbocycles. The van der Waals surface area contributed by atoms with Crippen molar-refractivity contribution in [2.75, 3.05) is 26.3 Å². The molecule has 0 radical (unpaired) electrons. The van der Waals surface area contributed by atoms with Crippen LogP contribution in [-0.2, 0) is 19.6 Å². The summed E-state index contributed by atoms with van der Waals surface area (Å²) in [5.74, 6) is -0.347. The molecular formula is C18H28N2O4S. The summed E-state index contributed by atoms with van der Waals surface area (Å²) in [6, 6.07) is 2.90. The molecule has 1 saturated heterocycles. The number of nitrogens with zero attached hydrogens (tertiary/aromatic N) is 1. The van der Waals surface area contributed by atoms with Gasteiger partial charge in [0.25, 0.3) is 0 Å². The van der Waals surface area contributed by atoms with Crippen LogP contribution in [0.2, 0.25) is 0 Å². The fourth-order valence-electron chi connectivity index (χ4n) is 3.27. The van der Waals surface area contributed by atoms with Gasteiger partial charge in [-0.2, -0.15) is 4.72 Å². The first-order chi connectivity index (χ1) is 11.6. The van der Waals surface area contributed by atoms with Gasteiger partial charge in [-0.05, 0) is 37.8 Å². The Bertz CT molecular complexity index is 714. The van der Waals surface area contributed by atoms with E-state index in [0.29, 0.717) is 37.4 Å². The highest BCUT2D eigenvalue weighted by Crippen LogP contribution is 2.23. The Morgan fingerprint density at radius 1 is 1.12 bits per heavy atom. The predicted octanol–water partition coefficient (Wildman–Crippen LogP) is 1.77. The Balaban J connectivity index is 2.31.